The number of allylic oxidation sites excluding steroid dienone is 3. The van der Waals surface area contributed by atoms with Crippen molar-refractivity contribution in [3.63, 3.8) is 0 Å². The van der Waals surface area contributed by atoms with Crippen LogP contribution in [0.2, 0.25) is 0 Å². The van der Waals surface area contributed by atoms with E-state index in [1.165, 1.54) is 0 Å². The van der Waals surface area contributed by atoms with Gasteiger partial charge in [0.2, 0.25) is 0 Å². The quantitative estimate of drug-likeness (QED) is 0.381. The molecule has 0 amide bonds. The maximum absolute atomic E-state index is 6.06. The smallest absolute Gasteiger partial charge is 0.0960 e. The molecular formula is C18H25NOS. The number of aromatic nitrogens is 1. The minimum absolute atomic E-state index is 0.337. The maximum atomic E-state index is 6.06. The molecule has 21 heavy (non-hydrogen) atoms. The van der Waals surface area contributed by atoms with Crippen LogP contribution in [-0.2, 0) is 4.74 Å². The van der Waals surface area contributed by atoms with Crippen LogP contribution in [0.1, 0.15) is 27.7 Å². The van der Waals surface area contributed by atoms with Gasteiger partial charge in [0.05, 0.1) is 17.2 Å². The molecule has 1 aromatic rings. The summed E-state index contributed by atoms with van der Waals surface area (Å²) >= 11 is 1.71. The molecule has 0 aliphatic rings. The van der Waals surface area contributed by atoms with Gasteiger partial charge in [0.1, 0.15) is 0 Å². The fourth-order valence-electron chi connectivity index (χ4n) is 2.00. The Bertz CT molecular complexity index is 503. The van der Waals surface area contributed by atoms with Crippen LogP contribution in [0.25, 0.3) is 0 Å². The first-order valence-electron chi connectivity index (χ1n) is 7.14. The number of pyridine rings is 1. The Balaban J connectivity index is 2.53. The fourth-order valence-corrected chi connectivity index (χ4v) is 2.69. The van der Waals surface area contributed by atoms with Gasteiger partial charge in [0.25, 0.3) is 0 Å². The average Bonchev–Trinajstić information content (AvgIpc) is 2.44. The highest BCUT2D eigenvalue weighted by molar-refractivity contribution is 7.99. The van der Waals surface area contributed by atoms with E-state index in [1.54, 1.807) is 11.8 Å². The molecule has 1 heterocycles. The monoisotopic (exact) mass is 303 g/mol. The first-order chi connectivity index (χ1) is 9.97. The third-order valence-electron chi connectivity index (χ3n) is 3.00. The lowest BCUT2D eigenvalue weighted by Gasteiger charge is -2.29. The molecule has 0 saturated carbocycles. The number of nitrogens with zero attached hydrogens (tertiary/aromatic N) is 1. The summed E-state index contributed by atoms with van der Waals surface area (Å²) in [6.07, 6.45) is 7.92. The van der Waals surface area contributed by atoms with E-state index in [2.05, 4.69) is 31.5 Å². The van der Waals surface area contributed by atoms with E-state index in [-0.39, 0.29) is 5.60 Å². The molecule has 0 unspecified atom stereocenters. The predicted octanol–water partition coefficient (Wildman–Crippen LogP) is 5.05. The number of hydrogen-bond acceptors (Lipinski definition) is 3. The molecule has 0 spiro atoms. The second-order valence-electron chi connectivity index (χ2n) is 5.26. The van der Waals surface area contributed by atoms with E-state index in [0.29, 0.717) is 6.61 Å². The molecule has 0 atom stereocenters. The van der Waals surface area contributed by atoms with Crippen LogP contribution in [0.15, 0.2) is 65.4 Å². The first kappa shape index (κ1) is 17.7. The van der Waals surface area contributed by atoms with Crippen molar-refractivity contribution < 1.29 is 4.74 Å². The minimum Gasteiger partial charge on any atom is -0.370 e. The van der Waals surface area contributed by atoms with Gasteiger partial charge in [0.15, 0.2) is 0 Å². The van der Waals surface area contributed by atoms with Crippen molar-refractivity contribution in [1.82, 2.24) is 4.98 Å². The second kappa shape index (κ2) is 8.85. The van der Waals surface area contributed by atoms with E-state index in [9.17, 15) is 0 Å². The standard InChI is InChI=1S/C18H25NOS/c1-6-7-10-16(15(2)3)18(4,5)20-13-14-21-17-11-8-9-12-19-17/h6-12H,2,13-14H2,1,3-5H3/b7-6-,16-10+. The Morgan fingerprint density at radius 3 is 2.76 bits per heavy atom. The Kier molecular flexibility index (Phi) is 7.48. The minimum atomic E-state index is -0.337. The van der Waals surface area contributed by atoms with Gasteiger partial charge in [-0.15, -0.1) is 11.8 Å². The highest BCUT2D eigenvalue weighted by Gasteiger charge is 2.23. The van der Waals surface area contributed by atoms with Gasteiger partial charge >= 0.3 is 0 Å². The summed E-state index contributed by atoms with van der Waals surface area (Å²) in [5, 5.41) is 1.03. The molecule has 0 aliphatic carbocycles. The van der Waals surface area contributed by atoms with Crippen LogP contribution in [-0.4, -0.2) is 22.9 Å². The predicted molar refractivity (Wildman–Crippen MR) is 92.7 cm³/mol. The van der Waals surface area contributed by atoms with Gasteiger partial charge in [-0.1, -0.05) is 36.4 Å². The summed E-state index contributed by atoms with van der Waals surface area (Å²) < 4.78 is 6.06. The molecule has 0 bridgehead atoms. The van der Waals surface area contributed by atoms with Crippen molar-refractivity contribution in [3.8, 4) is 0 Å². The molecule has 0 aromatic carbocycles. The van der Waals surface area contributed by atoms with Gasteiger partial charge in [-0.25, -0.2) is 4.98 Å². The highest BCUT2D eigenvalue weighted by atomic mass is 32.2. The SMILES string of the molecule is C=C(C)/C(=C\C=C/C)C(C)(C)OCCSc1ccccn1. The zero-order valence-electron chi connectivity index (χ0n) is 13.4. The molecule has 1 rings (SSSR count). The van der Waals surface area contributed by atoms with Gasteiger partial charge in [-0.2, -0.15) is 0 Å². The molecular weight excluding hydrogens is 278 g/mol. The number of thioether (sulfide) groups is 1. The first-order valence-corrected chi connectivity index (χ1v) is 8.13. The van der Waals surface area contributed by atoms with Gasteiger partial charge in [-0.3, -0.25) is 0 Å². The molecule has 0 N–H and O–H groups in total. The molecule has 0 aliphatic heterocycles. The zero-order valence-corrected chi connectivity index (χ0v) is 14.2. The lowest BCUT2D eigenvalue weighted by molar-refractivity contribution is 0.0227. The van der Waals surface area contributed by atoms with E-state index in [1.807, 2.05) is 50.4 Å². The largest absolute Gasteiger partial charge is 0.370 e. The third-order valence-corrected chi connectivity index (χ3v) is 3.91. The van der Waals surface area contributed by atoms with Crippen molar-refractivity contribution in [1.29, 1.82) is 0 Å². The molecule has 0 saturated heterocycles. The molecule has 0 radical (unpaired) electrons. The Labute approximate surface area is 133 Å². The molecule has 3 heteroatoms. The topological polar surface area (TPSA) is 22.1 Å². The van der Waals surface area contributed by atoms with Crippen LogP contribution < -0.4 is 0 Å². The van der Waals surface area contributed by atoms with Gasteiger partial charge in [0, 0.05) is 11.9 Å². The molecule has 2 nitrogen and oxygen atoms in total. The van der Waals surface area contributed by atoms with Crippen LogP contribution in [0.5, 0.6) is 0 Å². The van der Waals surface area contributed by atoms with Crippen molar-refractivity contribution in [2.24, 2.45) is 0 Å². The lowest BCUT2D eigenvalue weighted by atomic mass is 9.92. The maximum Gasteiger partial charge on any atom is 0.0960 e. The van der Waals surface area contributed by atoms with E-state index >= 15 is 0 Å². The summed E-state index contributed by atoms with van der Waals surface area (Å²) in [5.41, 5.74) is 1.83. The molecule has 114 valence electrons. The second-order valence-corrected chi connectivity index (χ2v) is 6.38. The number of ether oxygens (including phenoxy) is 1. The van der Waals surface area contributed by atoms with Crippen molar-refractivity contribution in [2.75, 3.05) is 12.4 Å². The lowest BCUT2D eigenvalue weighted by Crippen LogP contribution is -2.28. The van der Waals surface area contributed by atoms with E-state index in [0.717, 1.165) is 21.9 Å². The Morgan fingerprint density at radius 1 is 1.43 bits per heavy atom. The van der Waals surface area contributed by atoms with E-state index < -0.39 is 0 Å². The van der Waals surface area contributed by atoms with E-state index in [4.69, 9.17) is 4.74 Å². The van der Waals surface area contributed by atoms with Gasteiger partial charge < -0.3 is 4.74 Å². The van der Waals surface area contributed by atoms with Crippen LogP contribution in [0.4, 0.5) is 0 Å². The summed E-state index contributed by atoms with van der Waals surface area (Å²) in [7, 11) is 0. The highest BCUT2D eigenvalue weighted by Crippen LogP contribution is 2.27. The number of hydrogen-bond donors (Lipinski definition) is 0. The summed E-state index contributed by atoms with van der Waals surface area (Å²) in [6.45, 7) is 12.9. The van der Waals surface area contributed by atoms with Crippen LogP contribution in [0, 0.1) is 0 Å². The van der Waals surface area contributed by atoms with Gasteiger partial charge in [-0.05, 0) is 45.4 Å². The van der Waals surface area contributed by atoms with Crippen LogP contribution in [0.3, 0.4) is 0 Å². The van der Waals surface area contributed by atoms with Crippen molar-refractivity contribution in [2.45, 2.75) is 38.3 Å². The normalized spacial score (nSPS) is 12.9. The average molecular weight is 303 g/mol. The summed E-state index contributed by atoms with van der Waals surface area (Å²) in [4.78, 5) is 4.29. The molecule has 1 aromatic heterocycles. The Morgan fingerprint density at radius 2 is 2.19 bits per heavy atom. The summed E-state index contributed by atoms with van der Waals surface area (Å²) in [5.74, 6) is 0.882. The molecule has 0 fully saturated rings. The van der Waals surface area contributed by atoms with Crippen molar-refractivity contribution in [3.05, 3.63) is 60.3 Å². The fraction of sp³-hybridized carbons (Fsp3) is 0.389. The van der Waals surface area contributed by atoms with Crippen LogP contribution >= 0.6 is 11.8 Å². The zero-order chi connectivity index (χ0) is 15.7. The third kappa shape index (κ3) is 6.32. The number of rotatable bonds is 8. The Hall–Kier alpha value is -1.32. The van der Waals surface area contributed by atoms with Crippen molar-refractivity contribution >= 4 is 11.8 Å². The summed E-state index contributed by atoms with van der Waals surface area (Å²) in [6, 6.07) is 5.94.